The van der Waals surface area contributed by atoms with E-state index in [-0.39, 0.29) is 18.4 Å². The number of hydrogen-bond acceptors (Lipinski definition) is 4. The minimum atomic E-state index is -1.03. The van der Waals surface area contributed by atoms with Crippen molar-refractivity contribution < 1.29 is 9.90 Å². The summed E-state index contributed by atoms with van der Waals surface area (Å²) in [5.41, 5.74) is 6.21. The number of imidazole rings is 2. The Morgan fingerprint density at radius 1 is 1.67 bits per heavy atom. The van der Waals surface area contributed by atoms with E-state index >= 15 is 0 Å². The predicted octanol–water partition coefficient (Wildman–Crippen LogP) is 1.13. The maximum absolute atomic E-state index is 10.4. The molecule has 18 heavy (non-hydrogen) atoms. The largest absolute Gasteiger partial charge is 0.464 e. The molecule has 0 radical (unpaired) electrons. The quantitative estimate of drug-likeness (QED) is 0.760. The molecule has 8 heteroatoms. The lowest BCUT2D eigenvalue weighted by Crippen LogP contribution is -2.17. The third-order valence-electron chi connectivity index (χ3n) is 1.79. The van der Waals surface area contributed by atoms with Crippen molar-refractivity contribution in [1.82, 2.24) is 19.5 Å². The number of nitrogens with one attached hydrogen (secondary N) is 1. The van der Waals surface area contributed by atoms with Crippen LogP contribution < -0.4 is 5.73 Å². The third-order valence-corrected chi connectivity index (χ3v) is 1.79. The molecule has 0 aliphatic rings. The molecule has 1 atom stereocenters. The van der Waals surface area contributed by atoms with Crippen LogP contribution in [0.1, 0.15) is 12.6 Å². The lowest BCUT2D eigenvalue weighted by atomic mass is 10.2. The van der Waals surface area contributed by atoms with Crippen LogP contribution in [-0.4, -0.2) is 36.8 Å². The van der Waals surface area contributed by atoms with Gasteiger partial charge in [-0.25, -0.2) is 19.3 Å². The molecular formula is C10H16ClN5O2. The summed E-state index contributed by atoms with van der Waals surface area (Å²) in [7, 11) is 0. The Balaban J connectivity index is 0.000000405. The molecule has 100 valence electrons. The molecule has 0 saturated heterocycles. The number of hydrogen-bond donors (Lipinski definition) is 3. The maximum atomic E-state index is 10.4. The van der Waals surface area contributed by atoms with Gasteiger partial charge < -0.3 is 15.8 Å². The van der Waals surface area contributed by atoms with Crippen LogP contribution in [0.5, 0.6) is 0 Å². The van der Waals surface area contributed by atoms with E-state index in [4.69, 9.17) is 10.8 Å². The molecule has 4 N–H and O–H groups in total. The second-order valence-electron chi connectivity index (χ2n) is 3.50. The minimum Gasteiger partial charge on any atom is -0.464 e. The third kappa shape index (κ3) is 6.02. The van der Waals surface area contributed by atoms with E-state index in [1.165, 1.54) is 12.5 Å². The second kappa shape index (κ2) is 8.26. The van der Waals surface area contributed by atoms with Gasteiger partial charge in [-0.05, 0) is 6.92 Å². The molecule has 2 aromatic heterocycles. The number of carbonyl (C=O) groups is 1. The fraction of sp³-hybridized carbons (Fsp3) is 0.300. The van der Waals surface area contributed by atoms with Gasteiger partial charge in [0.15, 0.2) is 0 Å². The van der Waals surface area contributed by atoms with Gasteiger partial charge in [0.1, 0.15) is 6.33 Å². The summed E-state index contributed by atoms with van der Waals surface area (Å²) >= 11 is 0. The standard InChI is InChI=1S/C7H11N3O2.C3H4N2.ClH/c1-5(8)2-6-3-10(4-9-6)7(11)12;1-2-5-3-4-1;/h3-5H,2,8H2,1H3,(H,11,12);1-3H,(H,4,5);1H/t5-;;/m1../s1. The van der Waals surface area contributed by atoms with Crippen LogP contribution in [-0.2, 0) is 6.42 Å². The number of nitrogens with two attached hydrogens (primary N) is 1. The van der Waals surface area contributed by atoms with Gasteiger partial charge in [0, 0.05) is 31.1 Å². The SMILES string of the molecule is C[C@@H](N)Cc1cn(C(=O)O)cn1.Cl.c1c[nH]cn1. The molecule has 2 rings (SSSR count). The van der Waals surface area contributed by atoms with Crippen LogP contribution in [0.15, 0.2) is 31.2 Å². The Labute approximate surface area is 110 Å². The first-order chi connectivity index (χ1) is 8.09. The number of aromatic amines is 1. The lowest BCUT2D eigenvalue weighted by Gasteiger charge is -1.98. The van der Waals surface area contributed by atoms with Crippen LogP contribution in [0.2, 0.25) is 0 Å². The van der Waals surface area contributed by atoms with Gasteiger partial charge in [-0.2, -0.15) is 0 Å². The first-order valence-electron chi connectivity index (χ1n) is 5.04. The molecule has 2 heterocycles. The second-order valence-corrected chi connectivity index (χ2v) is 3.50. The molecule has 0 aliphatic carbocycles. The van der Waals surface area contributed by atoms with Gasteiger partial charge in [-0.3, -0.25) is 0 Å². The van der Waals surface area contributed by atoms with Crippen LogP contribution in [0.25, 0.3) is 0 Å². The van der Waals surface area contributed by atoms with E-state index in [9.17, 15) is 4.79 Å². The molecule has 0 bridgehead atoms. The number of H-pyrrole nitrogens is 1. The van der Waals surface area contributed by atoms with Crippen LogP contribution in [0.3, 0.4) is 0 Å². The van der Waals surface area contributed by atoms with E-state index in [0.29, 0.717) is 12.1 Å². The zero-order chi connectivity index (χ0) is 12.7. The molecule has 0 aliphatic heterocycles. The fourth-order valence-electron chi connectivity index (χ4n) is 1.12. The topological polar surface area (TPSA) is 110 Å². The average molecular weight is 274 g/mol. The molecule has 2 aromatic rings. The highest BCUT2D eigenvalue weighted by atomic mass is 35.5. The van der Waals surface area contributed by atoms with Crippen molar-refractivity contribution in [2.45, 2.75) is 19.4 Å². The van der Waals surface area contributed by atoms with Gasteiger partial charge in [-0.15, -0.1) is 12.4 Å². The first-order valence-corrected chi connectivity index (χ1v) is 5.04. The number of aromatic nitrogens is 4. The van der Waals surface area contributed by atoms with Gasteiger partial charge in [-0.1, -0.05) is 0 Å². The predicted molar refractivity (Wildman–Crippen MR) is 68.8 cm³/mol. The summed E-state index contributed by atoms with van der Waals surface area (Å²) in [6, 6.07) is 0.00199. The number of nitrogens with zero attached hydrogens (tertiary/aromatic N) is 3. The summed E-state index contributed by atoms with van der Waals surface area (Å²) in [6.45, 7) is 1.85. The molecule has 7 nitrogen and oxygen atoms in total. The van der Waals surface area contributed by atoms with Crippen molar-refractivity contribution in [2.75, 3.05) is 0 Å². The highest BCUT2D eigenvalue weighted by Gasteiger charge is 2.04. The Hall–Kier alpha value is -1.86. The van der Waals surface area contributed by atoms with Crippen molar-refractivity contribution in [1.29, 1.82) is 0 Å². The van der Waals surface area contributed by atoms with Crippen molar-refractivity contribution in [3.8, 4) is 0 Å². The Morgan fingerprint density at radius 3 is 2.72 bits per heavy atom. The van der Waals surface area contributed by atoms with E-state index < -0.39 is 6.09 Å². The molecule has 0 amide bonds. The Kier molecular flexibility index (Phi) is 7.41. The van der Waals surface area contributed by atoms with Crippen molar-refractivity contribution in [3.63, 3.8) is 0 Å². The summed E-state index contributed by atoms with van der Waals surface area (Å²) in [6.07, 6.45) is 7.38. The van der Waals surface area contributed by atoms with E-state index in [1.807, 2.05) is 6.92 Å². The summed E-state index contributed by atoms with van der Waals surface area (Å²) < 4.78 is 1.01. The average Bonchev–Trinajstić information content (AvgIpc) is 2.88. The lowest BCUT2D eigenvalue weighted by molar-refractivity contribution is 0.196. The smallest absolute Gasteiger partial charge is 0.416 e. The molecule has 0 aromatic carbocycles. The maximum Gasteiger partial charge on any atom is 0.416 e. The van der Waals surface area contributed by atoms with E-state index in [2.05, 4.69) is 15.0 Å². The number of carboxylic acid groups (broad SMARTS) is 1. The number of rotatable bonds is 2. The van der Waals surface area contributed by atoms with Crippen molar-refractivity contribution >= 4 is 18.5 Å². The van der Waals surface area contributed by atoms with Gasteiger partial charge in [0.2, 0.25) is 0 Å². The van der Waals surface area contributed by atoms with E-state index in [1.54, 1.807) is 18.7 Å². The van der Waals surface area contributed by atoms with Crippen LogP contribution in [0.4, 0.5) is 4.79 Å². The monoisotopic (exact) mass is 273 g/mol. The highest BCUT2D eigenvalue weighted by Crippen LogP contribution is 1.98. The highest BCUT2D eigenvalue weighted by molar-refractivity contribution is 5.85. The number of halogens is 1. The fourth-order valence-corrected chi connectivity index (χ4v) is 1.12. The minimum absolute atomic E-state index is 0. The molecule has 0 spiro atoms. The normalized spacial score (nSPS) is 10.8. The molecule has 0 saturated carbocycles. The molecular weight excluding hydrogens is 258 g/mol. The van der Waals surface area contributed by atoms with Crippen molar-refractivity contribution in [3.05, 3.63) is 36.9 Å². The summed E-state index contributed by atoms with van der Waals surface area (Å²) in [5.74, 6) is 0. The first kappa shape index (κ1) is 16.1. The Morgan fingerprint density at radius 2 is 2.39 bits per heavy atom. The van der Waals surface area contributed by atoms with Gasteiger partial charge in [0.05, 0.1) is 12.0 Å². The van der Waals surface area contributed by atoms with E-state index in [0.717, 1.165) is 4.57 Å². The van der Waals surface area contributed by atoms with Gasteiger partial charge >= 0.3 is 6.09 Å². The van der Waals surface area contributed by atoms with Gasteiger partial charge in [0.25, 0.3) is 0 Å². The summed E-state index contributed by atoms with van der Waals surface area (Å²) in [4.78, 5) is 20.7. The molecule has 0 unspecified atom stereocenters. The summed E-state index contributed by atoms with van der Waals surface area (Å²) in [5, 5.41) is 8.52. The van der Waals surface area contributed by atoms with Crippen LogP contribution >= 0.6 is 12.4 Å². The van der Waals surface area contributed by atoms with Crippen LogP contribution in [0, 0.1) is 0 Å². The zero-order valence-corrected chi connectivity index (χ0v) is 10.7. The zero-order valence-electron chi connectivity index (χ0n) is 9.85. The van der Waals surface area contributed by atoms with Crippen molar-refractivity contribution in [2.24, 2.45) is 5.73 Å². The Bertz CT molecular complexity index is 424. The molecule has 0 fully saturated rings.